The predicted octanol–water partition coefficient (Wildman–Crippen LogP) is 0.635. The van der Waals surface area contributed by atoms with Crippen LogP contribution in [0.25, 0.3) is 0 Å². The van der Waals surface area contributed by atoms with Gasteiger partial charge in [0.05, 0.1) is 31.5 Å². The molecule has 4 heteroatoms. The van der Waals surface area contributed by atoms with Gasteiger partial charge in [-0.05, 0) is 26.7 Å². The molecule has 0 aromatic carbocycles. The maximum atomic E-state index is 9.12. The summed E-state index contributed by atoms with van der Waals surface area (Å²) in [6.07, 6.45) is 3.10. The summed E-state index contributed by atoms with van der Waals surface area (Å²) in [4.78, 5) is 2.38. The van der Waals surface area contributed by atoms with Crippen LogP contribution in [-0.4, -0.2) is 60.7 Å². The molecule has 2 saturated heterocycles. The highest BCUT2D eigenvalue weighted by atomic mass is 16.5. The van der Waals surface area contributed by atoms with Gasteiger partial charge in [-0.2, -0.15) is 0 Å². The van der Waals surface area contributed by atoms with E-state index < -0.39 is 0 Å². The molecule has 2 fully saturated rings. The van der Waals surface area contributed by atoms with Crippen molar-refractivity contribution in [2.24, 2.45) is 0 Å². The molecule has 0 bridgehead atoms. The van der Waals surface area contributed by atoms with E-state index >= 15 is 0 Å². The standard InChI is InChI=1S/C12H23NO3/c1-9-8-15-12(7-14)6-13(9)5-11-4-3-10(2)16-11/h9-12,14H,3-8H2,1-2H3. The van der Waals surface area contributed by atoms with Gasteiger partial charge in [-0.3, -0.25) is 4.90 Å². The lowest BCUT2D eigenvalue weighted by atomic mass is 10.1. The molecule has 94 valence electrons. The van der Waals surface area contributed by atoms with Crippen LogP contribution in [0, 0.1) is 0 Å². The maximum absolute atomic E-state index is 9.12. The van der Waals surface area contributed by atoms with Crippen LogP contribution in [0.4, 0.5) is 0 Å². The first-order valence-corrected chi connectivity index (χ1v) is 6.31. The minimum absolute atomic E-state index is 0.0185. The van der Waals surface area contributed by atoms with Crippen LogP contribution in [0.15, 0.2) is 0 Å². The molecule has 2 aliphatic rings. The van der Waals surface area contributed by atoms with Crippen LogP contribution in [0.3, 0.4) is 0 Å². The van der Waals surface area contributed by atoms with Crippen LogP contribution in [-0.2, 0) is 9.47 Å². The summed E-state index contributed by atoms with van der Waals surface area (Å²) in [5.41, 5.74) is 0. The third-order valence-corrected chi connectivity index (χ3v) is 3.60. The van der Waals surface area contributed by atoms with E-state index in [4.69, 9.17) is 14.6 Å². The second-order valence-electron chi connectivity index (χ2n) is 5.09. The minimum Gasteiger partial charge on any atom is -0.394 e. The van der Waals surface area contributed by atoms with E-state index in [1.54, 1.807) is 0 Å². The second kappa shape index (κ2) is 5.45. The molecule has 0 spiro atoms. The van der Waals surface area contributed by atoms with Crippen molar-refractivity contribution in [1.82, 2.24) is 4.90 Å². The fourth-order valence-electron chi connectivity index (χ4n) is 2.52. The number of hydrogen-bond acceptors (Lipinski definition) is 4. The van der Waals surface area contributed by atoms with Crippen LogP contribution < -0.4 is 0 Å². The van der Waals surface area contributed by atoms with Gasteiger partial charge in [0.15, 0.2) is 0 Å². The monoisotopic (exact) mass is 229 g/mol. The average Bonchev–Trinajstić information content (AvgIpc) is 2.67. The van der Waals surface area contributed by atoms with Gasteiger partial charge in [0.2, 0.25) is 0 Å². The van der Waals surface area contributed by atoms with Gasteiger partial charge in [0.25, 0.3) is 0 Å². The highest BCUT2D eigenvalue weighted by molar-refractivity contribution is 4.81. The van der Waals surface area contributed by atoms with Crippen molar-refractivity contribution in [3.8, 4) is 0 Å². The zero-order chi connectivity index (χ0) is 11.5. The molecule has 4 atom stereocenters. The predicted molar refractivity (Wildman–Crippen MR) is 61.4 cm³/mol. The number of aliphatic hydroxyl groups excluding tert-OH is 1. The number of hydrogen-bond donors (Lipinski definition) is 1. The Hall–Kier alpha value is -0.160. The van der Waals surface area contributed by atoms with Crippen LogP contribution in [0.5, 0.6) is 0 Å². The number of ether oxygens (including phenoxy) is 2. The quantitative estimate of drug-likeness (QED) is 0.771. The minimum atomic E-state index is -0.0185. The fourth-order valence-corrected chi connectivity index (χ4v) is 2.52. The SMILES string of the molecule is CC1CCC(CN2CC(CO)OCC2C)O1. The third-order valence-electron chi connectivity index (χ3n) is 3.60. The lowest BCUT2D eigenvalue weighted by Gasteiger charge is -2.38. The summed E-state index contributed by atoms with van der Waals surface area (Å²) in [6, 6.07) is 0.433. The Morgan fingerprint density at radius 1 is 1.25 bits per heavy atom. The van der Waals surface area contributed by atoms with Crippen molar-refractivity contribution < 1.29 is 14.6 Å². The Labute approximate surface area is 97.5 Å². The van der Waals surface area contributed by atoms with Crippen molar-refractivity contribution in [3.63, 3.8) is 0 Å². The maximum Gasteiger partial charge on any atom is 0.0933 e. The highest BCUT2D eigenvalue weighted by Crippen LogP contribution is 2.22. The van der Waals surface area contributed by atoms with Gasteiger partial charge in [-0.25, -0.2) is 0 Å². The van der Waals surface area contributed by atoms with E-state index in [-0.39, 0.29) is 12.7 Å². The van der Waals surface area contributed by atoms with Crippen molar-refractivity contribution in [2.75, 3.05) is 26.3 Å². The number of aliphatic hydroxyl groups is 1. The van der Waals surface area contributed by atoms with Crippen molar-refractivity contribution >= 4 is 0 Å². The molecule has 0 aromatic rings. The van der Waals surface area contributed by atoms with Crippen LogP contribution in [0.2, 0.25) is 0 Å². The van der Waals surface area contributed by atoms with E-state index in [2.05, 4.69) is 18.7 Å². The van der Waals surface area contributed by atoms with Gasteiger partial charge in [0, 0.05) is 19.1 Å². The third kappa shape index (κ3) is 2.94. The summed E-state index contributed by atoms with van der Waals surface area (Å²) in [5.74, 6) is 0. The molecule has 16 heavy (non-hydrogen) atoms. The number of morpholine rings is 1. The molecule has 2 rings (SSSR count). The van der Waals surface area contributed by atoms with Crippen molar-refractivity contribution in [1.29, 1.82) is 0 Å². The number of rotatable bonds is 3. The fraction of sp³-hybridized carbons (Fsp3) is 1.00. The molecule has 2 aliphatic heterocycles. The molecule has 0 aromatic heterocycles. The molecule has 1 N–H and O–H groups in total. The summed E-state index contributed by atoms with van der Waals surface area (Å²) >= 11 is 0. The molecule has 4 unspecified atom stereocenters. The van der Waals surface area contributed by atoms with E-state index in [9.17, 15) is 0 Å². The lowest BCUT2D eigenvalue weighted by Crippen LogP contribution is -2.51. The van der Waals surface area contributed by atoms with Gasteiger partial charge < -0.3 is 14.6 Å². The first kappa shape index (κ1) is 12.3. The average molecular weight is 229 g/mol. The zero-order valence-electron chi connectivity index (χ0n) is 10.3. The van der Waals surface area contributed by atoms with Crippen molar-refractivity contribution in [2.45, 2.75) is 51.0 Å². The first-order chi connectivity index (χ1) is 7.69. The Bertz CT molecular complexity index is 224. The smallest absolute Gasteiger partial charge is 0.0933 e. The molecule has 4 nitrogen and oxygen atoms in total. The largest absolute Gasteiger partial charge is 0.394 e. The topological polar surface area (TPSA) is 41.9 Å². The van der Waals surface area contributed by atoms with E-state index in [0.717, 1.165) is 19.5 Å². The Morgan fingerprint density at radius 2 is 2.06 bits per heavy atom. The summed E-state index contributed by atoms with van der Waals surface area (Å²) < 4.78 is 11.4. The first-order valence-electron chi connectivity index (χ1n) is 6.31. The molecular weight excluding hydrogens is 206 g/mol. The van der Waals surface area contributed by atoms with Gasteiger partial charge in [0.1, 0.15) is 0 Å². The second-order valence-corrected chi connectivity index (χ2v) is 5.09. The van der Waals surface area contributed by atoms with Gasteiger partial charge in [-0.1, -0.05) is 0 Å². The number of nitrogens with zero attached hydrogens (tertiary/aromatic N) is 1. The molecule has 2 heterocycles. The normalized spacial score (nSPS) is 41.4. The molecule has 0 radical (unpaired) electrons. The van der Waals surface area contributed by atoms with E-state index in [1.807, 2.05) is 0 Å². The molecule has 0 amide bonds. The summed E-state index contributed by atoms with van der Waals surface area (Å²) in [5, 5.41) is 9.12. The van der Waals surface area contributed by atoms with E-state index in [0.29, 0.717) is 24.9 Å². The Kier molecular flexibility index (Phi) is 4.19. The Morgan fingerprint density at radius 3 is 2.69 bits per heavy atom. The van der Waals surface area contributed by atoms with Crippen LogP contribution in [0.1, 0.15) is 26.7 Å². The Balaban J connectivity index is 1.82. The summed E-state index contributed by atoms with van der Waals surface area (Å²) in [7, 11) is 0. The van der Waals surface area contributed by atoms with Crippen molar-refractivity contribution in [3.05, 3.63) is 0 Å². The van der Waals surface area contributed by atoms with Gasteiger partial charge in [-0.15, -0.1) is 0 Å². The summed E-state index contributed by atoms with van der Waals surface area (Å²) in [6.45, 7) is 6.95. The van der Waals surface area contributed by atoms with Gasteiger partial charge >= 0.3 is 0 Å². The molecular formula is C12H23NO3. The lowest BCUT2D eigenvalue weighted by molar-refractivity contribution is -0.0905. The molecule has 0 aliphatic carbocycles. The zero-order valence-corrected chi connectivity index (χ0v) is 10.3. The van der Waals surface area contributed by atoms with Crippen LogP contribution >= 0.6 is 0 Å². The van der Waals surface area contributed by atoms with E-state index in [1.165, 1.54) is 6.42 Å². The molecule has 0 saturated carbocycles. The highest BCUT2D eigenvalue weighted by Gasteiger charge is 2.30.